The van der Waals surface area contributed by atoms with Crippen molar-refractivity contribution in [3.63, 3.8) is 0 Å². The lowest BCUT2D eigenvalue weighted by molar-refractivity contribution is -0.179. The number of amides is 1. The van der Waals surface area contributed by atoms with Crippen LogP contribution in [0.2, 0.25) is 0 Å². The largest absolute Gasteiger partial charge is 0.493 e. The third-order valence-corrected chi connectivity index (χ3v) is 4.68. The van der Waals surface area contributed by atoms with Crippen LogP contribution in [0.25, 0.3) is 0 Å². The molecule has 1 aromatic carbocycles. The molecule has 25 heavy (non-hydrogen) atoms. The minimum absolute atomic E-state index is 0.109. The molecule has 1 spiro atoms. The van der Waals surface area contributed by atoms with Crippen molar-refractivity contribution < 1.29 is 23.7 Å². The minimum atomic E-state index is -0.408. The fourth-order valence-corrected chi connectivity index (χ4v) is 3.33. The highest BCUT2D eigenvalue weighted by Crippen LogP contribution is 2.36. The highest BCUT2D eigenvalue weighted by atomic mass is 16.7. The van der Waals surface area contributed by atoms with Gasteiger partial charge in [0.15, 0.2) is 17.3 Å². The third kappa shape index (κ3) is 4.14. The van der Waals surface area contributed by atoms with E-state index in [0.717, 1.165) is 25.7 Å². The highest BCUT2D eigenvalue weighted by molar-refractivity contribution is 5.95. The lowest BCUT2D eigenvalue weighted by atomic mass is 9.90. The summed E-state index contributed by atoms with van der Waals surface area (Å²) < 4.78 is 22.3. The van der Waals surface area contributed by atoms with Crippen molar-refractivity contribution in [2.75, 3.05) is 26.9 Å². The molecule has 0 bridgehead atoms. The summed E-state index contributed by atoms with van der Waals surface area (Å²) in [6, 6.07) is 5.31. The van der Waals surface area contributed by atoms with E-state index in [0.29, 0.717) is 36.9 Å². The summed E-state index contributed by atoms with van der Waals surface area (Å²) in [7, 11) is 1.56. The number of ether oxygens (including phenoxy) is 4. The van der Waals surface area contributed by atoms with Gasteiger partial charge in [-0.2, -0.15) is 0 Å². The SMILES string of the molecule is C=CCOc1ccc(C(=O)NC2CCC3(CC2)OCCO3)cc1OC. The Balaban J connectivity index is 1.58. The normalized spacial score (nSPS) is 19.6. The van der Waals surface area contributed by atoms with E-state index in [-0.39, 0.29) is 11.9 Å². The molecule has 1 amide bonds. The molecule has 0 unspecified atom stereocenters. The molecule has 1 aromatic rings. The van der Waals surface area contributed by atoms with Crippen LogP contribution < -0.4 is 14.8 Å². The van der Waals surface area contributed by atoms with E-state index in [4.69, 9.17) is 18.9 Å². The summed E-state index contributed by atoms with van der Waals surface area (Å²) in [6.45, 7) is 5.33. The van der Waals surface area contributed by atoms with Crippen molar-refractivity contribution in [2.24, 2.45) is 0 Å². The smallest absolute Gasteiger partial charge is 0.251 e. The number of carbonyl (C=O) groups is 1. The molecule has 2 aliphatic rings. The van der Waals surface area contributed by atoms with Gasteiger partial charge < -0.3 is 24.3 Å². The molecule has 6 nitrogen and oxygen atoms in total. The summed E-state index contributed by atoms with van der Waals surface area (Å²) in [6.07, 6.45) is 4.99. The molecule has 1 aliphatic carbocycles. The Morgan fingerprint density at radius 2 is 2.04 bits per heavy atom. The number of hydrogen-bond acceptors (Lipinski definition) is 5. The second-order valence-corrected chi connectivity index (χ2v) is 6.32. The minimum Gasteiger partial charge on any atom is -0.493 e. The first-order valence-electron chi connectivity index (χ1n) is 8.66. The van der Waals surface area contributed by atoms with Crippen LogP contribution in [0, 0.1) is 0 Å². The zero-order valence-electron chi connectivity index (χ0n) is 14.6. The number of hydrogen-bond donors (Lipinski definition) is 1. The molecule has 1 heterocycles. The Morgan fingerprint density at radius 1 is 1.32 bits per heavy atom. The molecule has 0 atom stereocenters. The maximum Gasteiger partial charge on any atom is 0.251 e. The number of methoxy groups -OCH3 is 1. The Bertz CT molecular complexity index is 614. The third-order valence-electron chi connectivity index (χ3n) is 4.68. The van der Waals surface area contributed by atoms with Crippen molar-refractivity contribution in [1.82, 2.24) is 5.32 Å². The van der Waals surface area contributed by atoms with E-state index >= 15 is 0 Å². The van der Waals surface area contributed by atoms with Crippen LogP contribution in [-0.2, 0) is 9.47 Å². The molecule has 0 radical (unpaired) electrons. The topological polar surface area (TPSA) is 66.0 Å². The predicted octanol–water partition coefficient (Wildman–Crippen LogP) is 2.68. The van der Waals surface area contributed by atoms with Gasteiger partial charge in [-0.25, -0.2) is 0 Å². The van der Waals surface area contributed by atoms with Crippen LogP contribution >= 0.6 is 0 Å². The van der Waals surface area contributed by atoms with Crippen molar-refractivity contribution in [3.8, 4) is 11.5 Å². The molecule has 6 heteroatoms. The van der Waals surface area contributed by atoms with Gasteiger partial charge in [-0.05, 0) is 31.0 Å². The molecule has 0 aromatic heterocycles. The molecule has 3 rings (SSSR count). The first-order chi connectivity index (χ1) is 12.2. The second kappa shape index (κ2) is 7.89. The first-order valence-corrected chi connectivity index (χ1v) is 8.66. The fourth-order valence-electron chi connectivity index (χ4n) is 3.33. The van der Waals surface area contributed by atoms with E-state index in [1.165, 1.54) is 0 Å². The zero-order valence-corrected chi connectivity index (χ0v) is 14.6. The van der Waals surface area contributed by atoms with Gasteiger partial charge >= 0.3 is 0 Å². The number of rotatable bonds is 6. The summed E-state index contributed by atoms with van der Waals surface area (Å²) >= 11 is 0. The summed E-state index contributed by atoms with van der Waals surface area (Å²) in [4.78, 5) is 12.5. The van der Waals surface area contributed by atoms with Crippen LogP contribution in [0.1, 0.15) is 36.0 Å². The van der Waals surface area contributed by atoms with Crippen LogP contribution in [-0.4, -0.2) is 44.7 Å². The Kier molecular flexibility index (Phi) is 5.60. The molecule has 2 fully saturated rings. The molecule has 1 aliphatic heterocycles. The standard InChI is InChI=1S/C19H25NO5/c1-3-10-23-16-5-4-14(13-17(16)22-2)18(21)20-15-6-8-19(9-7-15)24-11-12-25-19/h3-5,13,15H,1,6-12H2,2H3,(H,20,21). The quantitative estimate of drug-likeness (QED) is 0.802. The van der Waals surface area contributed by atoms with Gasteiger partial charge in [-0.15, -0.1) is 0 Å². The van der Waals surface area contributed by atoms with Crippen LogP contribution in [0.15, 0.2) is 30.9 Å². The fraction of sp³-hybridized carbons (Fsp3) is 0.526. The molecule has 136 valence electrons. The first kappa shape index (κ1) is 17.8. The Labute approximate surface area is 148 Å². The summed E-state index contributed by atoms with van der Waals surface area (Å²) in [5, 5.41) is 3.09. The van der Waals surface area contributed by atoms with Gasteiger partial charge in [0, 0.05) is 24.4 Å². The van der Waals surface area contributed by atoms with E-state index in [1.54, 1.807) is 31.4 Å². The lowest BCUT2D eigenvalue weighted by Crippen LogP contribution is -2.44. The molecular weight excluding hydrogens is 322 g/mol. The van der Waals surface area contributed by atoms with Crippen molar-refractivity contribution in [1.29, 1.82) is 0 Å². The van der Waals surface area contributed by atoms with Crippen molar-refractivity contribution in [3.05, 3.63) is 36.4 Å². The van der Waals surface area contributed by atoms with Crippen molar-refractivity contribution in [2.45, 2.75) is 37.5 Å². The number of benzene rings is 1. The van der Waals surface area contributed by atoms with Gasteiger partial charge in [0.2, 0.25) is 0 Å². The van der Waals surface area contributed by atoms with Gasteiger partial charge in [0.25, 0.3) is 5.91 Å². The van der Waals surface area contributed by atoms with E-state index in [2.05, 4.69) is 11.9 Å². The number of nitrogens with one attached hydrogen (secondary N) is 1. The summed E-state index contributed by atoms with van der Waals surface area (Å²) in [5.74, 6) is 0.607. The average molecular weight is 347 g/mol. The maximum absolute atomic E-state index is 12.5. The zero-order chi connectivity index (χ0) is 17.7. The summed E-state index contributed by atoms with van der Waals surface area (Å²) in [5.41, 5.74) is 0.552. The van der Waals surface area contributed by atoms with Gasteiger partial charge in [-0.1, -0.05) is 12.7 Å². The van der Waals surface area contributed by atoms with Gasteiger partial charge in [0.05, 0.1) is 20.3 Å². The van der Waals surface area contributed by atoms with E-state index in [9.17, 15) is 4.79 Å². The van der Waals surface area contributed by atoms with Gasteiger partial charge in [0.1, 0.15) is 6.61 Å². The van der Waals surface area contributed by atoms with E-state index in [1.807, 2.05) is 0 Å². The highest BCUT2D eigenvalue weighted by Gasteiger charge is 2.40. The lowest BCUT2D eigenvalue weighted by Gasteiger charge is -2.35. The Hall–Kier alpha value is -2.05. The van der Waals surface area contributed by atoms with Crippen LogP contribution in [0.3, 0.4) is 0 Å². The maximum atomic E-state index is 12.5. The second-order valence-electron chi connectivity index (χ2n) is 6.32. The molecule has 1 saturated heterocycles. The van der Waals surface area contributed by atoms with Crippen molar-refractivity contribution >= 4 is 5.91 Å². The van der Waals surface area contributed by atoms with E-state index < -0.39 is 5.79 Å². The molecule has 1 N–H and O–H groups in total. The monoisotopic (exact) mass is 347 g/mol. The molecular formula is C19H25NO5. The van der Waals surface area contributed by atoms with Crippen LogP contribution in [0.4, 0.5) is 0 Å². The predicted molar refractivity (Wildman–Crippen MR) is 93.0 cm³/mol. The van der Waals surface area contributed by atoms with Crippen LogP contribution in [0.5, 0.6) is 11.5 Å². The number of carbonyl (C=O) groups excluding carboxylic acids is 1. The van der Waals surface area contributed by atoms with Gasteiger partial charge in [-0.3, -0.25) is 4.79 Å². The molecule has 1 saturated carbocycles. The Morgan fingerprint density at radius 3 is 2.68 bits per heavy atom. The average Bonchev–Trinajstić information content (AvgIpc) is 3.10.